The van der Waals surface area contributed by atoms with E-state index in [0.717, 1.165) is 25.9 Å². The van der Waals surface area contributed by atoms with Gasteiger partial charge >= 0.3 is 0 Å². The molecule has 0 bridgehead atoms. The molecule has 0 radical (unpaired) electrons. The zero-order valence-corrected chi connectivity index (χ0v) is 10.3. The van der Waals surface area contributed by atoms with Crippen molar-refractivity contribution in [2.45, 2.75) is 19.4 Å². The van der Waals surface area contributed by atoms with Crippen molar-refractivity contribution in [3.63, 3.8) is 0 Å². The first-order valence-corrected chi connectivity index (χ1v) is 6.12. The summed E-state index contributed by atoms with van der Waals surface area (Å²) in [6, 6.07) is 7.04. The minimum Gasteiger partial charge on any atom is -0.298 e. The number of piperidine rings is 1. The predicted octanol–water partition coefficient (Wildman–Crippen LogP) is 3.21. The Bertz CT molecular complexity index is 442. The Morgan fingerprint density at radius 2 is 2.35 bits per heavy atom. The molecule has 0 spiro atoms. The highest BCUT2D eigenvalue weighted by atomic mass is 35.5. The van der Waals surface area contributed by atoms with Crippen molar-refractivity contribution in [3.05, 3.63) is 34.6 Å². The van der Waals surface area contributed by atoms with E-state index in [1.54, 1.807) is 12.1 Å². The van der Waals surface area contributed by atoms with Crippen LogP contribution < -0.4 is 0 Å². The van der Waals surface area contributed by atoms with E-state index in [4.69, 9.17) is 16.9 Å². The van der Waals surface area contributed by atoms with E-state index in [-0.39, 0.29) is 11.7 Å². The molecule has 17 heavy (non-hydrogen) atoms. The molecule has 0 N–H and O–H groups in total. The van der Waals surface area contributed by atoms with Crippen LogP contribution in [-0.2, 0) is 6.54 Å². The average molecular weight is 253 g/mol. The Morgan fingerprint density at radius 3 is 3.06 bits per heavy atom. The van der Waals surface area contributed by atoms with Crippen molar-refractivity contribution in [3.8, 4) is 6.07 Å². The Labute approximate surface area is 106 Å². The molecule has 1 aliphatic heterocycles. The van der Waals surface area contributed by atoms with Gasteiger partial charge in [0.25, 0.3) is 0 Å². The van der Waals surface area contributed by atoms with Gasteiger partial charge in [-0.25, -0.2) is 4.39 Å². The molecule has 0 amide bonds. The van der Waals surface area contributed by atoms with Crippen molar-refractivity contribution in [2.24, 2.45) is 5.92 Å². The maximum Gasteiger partial charge on any atom is 0.129 e. The van der Waals surface area contributed by atoms with E-state index in [0.29, 0.717) is 17.1 Å². The molecule has 90 valence electrons. The fraction of sp³-hybridized carbons (Fsp3) is 0.462. The summed E-state index contributed by atoms with van der Waals surface area (Å²) in [7, 11) is 0. The zero-order valence-electron chi connectivity index (χ0n) is 9.50. The largest absolute Gasteiger partial charge is 0.298 e. The van der Waals surface area contributed by atoms with Crippen molar-refractivity contribution in [1.29, 1.82) is 5.26 Å². The Hall–Kier alpha value is -1.11. The summed E-state index contributed by atoms with van der Waals surface area (Å²) in [5, 5.41) is 9.31. The summed E-state index contributed by atoms with van der Waals surface area (Å²) in [6.45, 7) is 2.22. The van der Waals surface area contributed by atoms with Gasteiger partial charge in [-0.3, -0.25) is 4.90 Å². The van der Waals surface area contributed by atoms with Crippen LogP contribution in [0.1, 0.15) is 18.4 Å². The molecular weight excluding hydrogens is 239 g/mol. The van der Waals surface area contributed by atoms with E-state index in [1.807, 2.05) is 0 Å². The molecule has 2 rings (SSSR count). The van der Waals surface area contributed by atoms with E-state index in [1.165, 1.54) is 6.07 Å². The van der Waals surface area contributed by atoms with Gasteiger partial charge in [-0.1, -0.05) is 17.7 Å². The first kappa shape index (κ1) is 12.3. The monoisotopic (exact) mass is 252 g/mol. The molecule has 1 fully saturated rings. The molecule has 4 heteroatoms. The fourth-order valence-corrected chi connectivity index (χ4v) is 2.35. The predicted molar refractivity (Wildman–Crippen MR) is 65.0 cm³/mol. The van der Waals surface area contributed by atoms with Gasteiger partial charge in [-0.05, 0) is 31.5 Å². The summed E-state index contributed by atoms with van der Waals surface area (Å²) in [5.41, 5.74) is 0.646. The molecule has 1 atom stereocenters. The van der Waals surface area contributed by atoms with Crippen LogP contribution >= 0.6 is 11.6 Å². The van der Waals surface area contributed by atoms with Gasteiger partial charge in [0.1, 0.15) is 5.82 Å². The molecule has 0 aliphatic carbocycles. The van der Waals surface area contributed by atoms with Crippen LogP contribution in [0.2, 0.25) is 5.02 Å². The maximum atomic E-state index is 13.6. The Balaban J connectivity index is 2.03. The quantitative estimate of drug-likeness (QED) is 0.808. The zero-order chi connectivity index (χ0) is 12.3. The van der Waals surface area contributed by atoms with Gasteiger partial charge in [0.15, 0.2) is 0 Å². The highest BCUT2D eigenvalue weighted by Crippen LogP contribution is 2.20. The summed E-state index contributed by atoms with van der Waals surface area (Å²) < 4.78 is 13.6. The highest BCUT2D eigenvalue weighted by Gasteiger charge is 2.20. The molecular formula is C13H14ClFN2. The lowest BCUT2D eigenvalue weighted by atomic mass is 9.99. The van der Waals surface area contributed by atoms with Gasteiger partial charge in [-0.2, -0.15) is 5.26 Å². The number of halogens is 2. The van der Waals surface area contributed by atoms with Gasteiger partial charge < -0.3 is 0 Å². The lowest BCUT2D eigenvalue weighted by molar-refractivity contribution is 0.190. The van der Waals surface area contributed by atoms with E-state index in [2.05, 4.69) is 11.0 Å². The number of nitriles is 1. The van der Waals surface area contributed by atoms with E-state index in [9.17, 15) is 4.39 Å². The molecule has 1 aromatic carbocycles. The van der Waals surface area contributed by atoms with Crippen molar-refractivity contribution in [2.75, 3.05) is 13.1 Å². The average Bonchev–Trinajstić information content (AvgIpc) is 2.33. The third kappa shape index (κ3) is 3.18. The van der Waals surface area contributed by atoms with Gasteiger partial charge in [-0.15, -0.1) is 0 Å². The second-order valence-electron chi connectivity index (χ2n) is 4.44. The standard InChI is InChI=1S/C13H14ClFN2/c14-12-4-3-11(13(15)6-12)9-17-5-1-2-10(7-16)8-17/h3-4,6,10H,1-2,5,8-9H2. The summed E-state index contributed by atoms with van der Waals surface area (Å²) in [4.78, 5) is 2.13. The third-order valence-electron chi connectivity index (χ3n) is 3.10. The maximum absolute atomic E-state index is 13.6. The summed E-state index contributed by atoms with van der Waals surface area (Å²) >= 11 is 5.71. The molecule has 2 nitrogen and oxygen atoms in total. The molecule has 1 aromatic rings. The molecule has 0 aromatic heterocycles. The first-order chi connectivity index (χ1) is 8.19. The van der Waals surface area contributed by atoms with Crippen LogP contribution in [0.15, 0.2) is 18.2 Å². The topological polar surface area (TPSA) is 27.0 Å². The lowest BCUT2D eigenvalue weighted by Crippen LogP contribution is -2.34. The number of likely N-dealkylation sites (tertiary alicyclic amines) is 1. The molecule has 0 saturated carbocycles. The number of hydrogen-bond acceptors (Lipinski definition) is 2. The van der Waals surface area contributed by atoms with Crippen LogP contribution in [-0.4, -0.2) is 18.0 Å². The van der Waals surface area contributed by atoms with Crippen LogP contribution in [0.4, 0.5) is 4.39 Å². The number of nitrogens with zero attached hydrogens (tertiary/aromatic N) is 2. The molecule has 1 unspecified atom stereocenters. The van der Waals surface area contributed by atoms with Gasteiger partial charge in [0.2, 0.25) is 0 Å². The SMILES string of the molecule is N#CC1CCCN(Cc2ccc(Cl)cc2F)C1. The lowest BCUT2D eigenvalue weighted by Gasteiger charge is -2.29. The van der Waals surface area contributed by atoms with Crippen molar-refractivity contribution >= 4 is 11.6 Å². The third-order valence-corrected chi connectivity index (χ3v) is 3.33. The summed E-state index contributed by atoms with van der Waals surface area (Å²) in [5.74, 6) is -0.185. The van der Waals surface area contributed by atoms with Crippen LogP contribution in [0.25, 0.3) is 0 Å². The van der Waals surface area contributed by atoms with Crippen LogP contribution in [0, 0.1) is 23.1 Å². The minimum absolute atomic E-state index is 0.0825. The summed E-state index contributed by atoms with van der Waals surface area (Å²) in [6.07, 6.45) is 1.96. The first-order valence-electron chi connectivity index (χ1n) is 5.75. The molecule has 1 heterocycles. The van der Waals surface area contributed by atoms with Gasteiger partial charge in [0.05, 0.1) is 12.0 Å². The number of benzene rings is 1. The number of rotatable bonds is 2. The van der Waals surface area contributed by atoms with E-state index >= 15 is 0 Å². The van der Waals surface area contributed by atoms with Crippen LogP contribution in [0.5, 0.6) is 0 Å². The molecule has 1 aliphatic rings. The van der Waals surface area contributed by atoms with Crippen LogP contribution in [0.3, 0.4) is 0 Å². The van der Waals surface area contributed by atoms with Crippen molar-refractivity contribution in [1.82, 2.24) is 4.90 Å². The Kier molecular flexibility index (Phi) is 3.98. The molecule has 1 saturated heterocycles. The number of hydrogen-bond donors (Lipinski definition) is 0. The smallest absolute Gasteiger partial charge is 0.129 e. The van der Waals surface area contributed by atoms with E-state index < -0.39 is 0 Å². The Morgan fingerprint density at radius 1 is 1.53 bits per heavy atom. The second kappa shape index (κ2) is 5.48. The highest BCUT2D eigenvalue weighted by molar-refractivity contribution is 6.30. The normalized spacial score (nSPS) is 21.1. The second-order valence-corrected chi connectivity index (χ2v) is 4.88. The van der Waals surface area contributed by atoms with Crippen molar-refractivity contribution < 1.29 is 4.39 Å². The fourth-order valence-electron chi connectivity index (χ4n) is 2.20. The minimum atomic E-state index is -0.267. The van der Waals surface area contributed by atoms with Gasteiger partial charge in [0, 0.05) is 23.7 Å².